The van der Waals surface area contributed by atoms with E-state index in [-0.39, 0.29) is 18.0 Å². The van der Waals surface area contributed by atoms with Crippen molar-refractivity contribution in [2.45, 2.75) is 27.2 Å². The Morgan fingerprint density at radius 3 is 1.80 bits per heavy atom. The average molecular weight is 141 g/mol. The van der Waals surface area contributed by atoms with Gasteiger partial charge in [-0.15, -0.1) is 0 Å². The lowest BCUT2D eigenvalue weighted by Gasteiger charge is -2.14. The number of carbonyl (C=O) groups excluding carboxylic acids is 2. The van der Waals surface area contributed by atoms with E-state index in [2.05, 4.69) is 6.92 Å². The van der Waals surface area contributed by atoms with E-state index in [1.54, 1.807) is 20.8 Å². The highest BCUT2D eigenvalue weighted by molar-refractivity contribution is 6.02. The van der Waals surface area contributed by atoms with Crippen molar-refractivity contribution in [3.8, 4) is 0 Å². The molecule has 0 aromatic heterocycles. The topological polar surface area (TPSA) is 34.1 Å². The van der Waals surface area contributed by atoms with Crippen LogP contribution in [-0.4, -0.2) is 11.6 Å². The van der Waals surface area contributed by atoms with Gasteiger partial charge in [-0.1, -0.05) is 20.8 Å². The molecule has 0 saturated heterocycles. The number of Topliss-reactive ketones (excluding diaryl/α,β-unsaturated/α-hetero) is 2. The minimum atomic E-state index is -0.409. The third-order valence-corrected chi connectivity index (χ3v) is 1.19. The maximum Gasteiger partial charge on any atom is 0.145 e. The zero-order valence-electron chi connectivity index (χ0n) is 6.73. The van der Waals surface area contributed by atoms with Crippen LogP contribution in [-0.2, 0) is 9.59 Å². The molecule has 0 bridgehead atoms. The van der Waals surface area contributed by atoms with Crippen molar-refractivity contribution in [1.29, 1.82) is 0 Å². The Morgan fingerprint density at radius 1 is 1.30 bits per heavy atom. The van der Waals surface area contributed by atoms with Crippen LogP contribution in [0.5, 0.6) is 0 Å². The van der Waals surface area contributed by atoms with Crippen LogP contribution in [0.25, 0.3) is 0 Å². The minimum absolute atomic E-state index is 0.0382. The largest absolute Gasteiger partial charge is 0.299 e. The van der Waals surface area contributed by atoms with Gasteiger partial charge in [-0.05, 0) is 0 Å². The number of ketones is 2. The van der Waals surface area contributed by atoms with Gasteiger partial charge in [0.15, 0.2) is 0 Å². The molecule has 1 radical (unpaired) electrons. The standard InChI is InChI=1S/C8H13O2/c1-6(9)5-7(10)8(2,3)4/h1,5H2,2-4H3. The smallest absolute Gasteiger partial charge is 0.145 e. The molecule has 0 spiro atoms. The molecule has 0 rings (SSSR count). The molecule has 2 heteroatoms. The second-order valence-electron chi connectivity index (χ2n) is 3.39. The summed E-state index contributed by atoms with van der Waals surface area (Å²) in [4.78, 5) is 21.4. The highest BCUT2D eigenvalue weighted by atomic mass is 16.1. The first-order chi connectivity index (χ1) is 4.34. The highest BCUT2D eigenvalue weighted by Crippen LogP contribution is 2.16. The van der Waals surface area contributed by atoms with Crippen LogP contribution >= 0.6 is 0 Å². The van der Waals surface area contributed by atoms with E-state index >= 15 is 0 Å². The maximum atomic E-state index is 11.0. The SMILES string of the molecule is [CH2]C(=O)CC(=O)C(C)(C)C. The summed E-state index contributed by atoms with van der Waals surface area (Å²) in [6, 6.07) is 0. The molecule has 0 aliphatic heterocycles. The third-order valence-electron chi connectivity index (χ3n) is 1.19. The second kappa shape index (κ2) is 2.95. The van der Waals surface area contributed by atoms with Gasteiger partial charge in [0.1, 0.15) is 11.6 Å². The van der Waals surface area contributed by atoms with E-state index in [0.29, 0.717) is 0 Å². The highest BCUT2D eigenvalue weighted by Gasteiger charge is 2.21. The summed E-state index contributed by atoms with van der Waals surface area (Å²) in [5.74, 6) is -0.354. The van der Waals surface area contributed by atoms with Crippen LogP contribution in [0.1, 0.15) is 27.2 Å². The number of rotatable bonds is 2. The normalized spacial score (nSPS) is 11.2. The Balaban J connectivity index is 3.99. The molecule has 0 unspecified atom stereocenters. The van der Waals surface area contributed by atoms with Crippen LogP contribution in [0, 0.1) is 12.3 Å². The summed E-state index contributed by atoms with van der Waals surface area (Å²) in [5.41, 5.74) is -0.409. The van der Waals surface area contributed by atoms with Gasteiger partial charge in [0.2, 0.25) is 0 Å². The first kappa shape index (κ1) is 9.34. The van der Waals surface area contributed by atoms with Gasteiger partial charge in [0, 0.05) is 12.3 Å². The van der Waals surface area contributed by atoms with E-state index in [4.69, 9.17) is 0 Å². The van der Waals surface area contributed by atoms with Crippen LogP contribution in [0.3, 0.4) is 0 Å². The summed E-state index contributed by atoms with van der Waals surface area (Å²) in [7, 11) is 0. The van der Waals surface area contributed by atoms with Crippen molar-refractivity contribution in [1.82, 2.24) is 0 Å². The molecule has 0 fully saturated rings. The van der Waals surface area contributed by atoms with Crippen molar-refractivity contribution in [3.63, 3.8) is 0 Å². The van der Waals surface area contributed by atoms with Crippen LogP contribution in [0.2, 0.25) is 0 Å². The molecular weight excluding hydrogens is 128 g/mol. The van der Waals surface area contributed by atoms with Gasteiger partial charge in [-0.2, -0.15) is 0 Å². The monoisotopic (exact) mass is 141 g/mol. The molecule has 0 aliphatic rings. The fraction of sp³-hybridized carbons (Fsp3) is 0.625. The molecule has 10 heavy (non-hydrogen) atoms. The van der Waals surface area contributed by atoms with Crippen molar-refractivity contribution in [3.05, 3.63) is 6.92 Å². The fourth-order valence-electron chi connectivity index (χ4n) is 0.444. The third kappa shape index (κ3) is 3.38. The van der Waals surface area contributed by atoms with Crippen molar-refractivity contribution < 1.29 is 9.59 Å². The molecule has 0 aliphatic carbocycles. The molecule has 0 amide bonds. The first-order valence-corrected chi connectivity index (χ1v) is 3.22. The predicted octanol–water partition coefficient (Wildman–Crippen LogP) is 1.39. The lowest BCUT2D eigenvalue weighted by atomic mass is 9.88. The fourth-order valence-corrected chi connectivity index (χ4v) is 0.444. The maximum absolute atomic E-state index is 11.0. The van der Waals surface area contributed by atoms with E-state index in [9.17, 15) is 9.59 Å². The molecule has 0 aromatic carbocycles. The van der Waals surface area contributed by atoms with Crippen molar-refractivity contribution >= 4 is 11.6 Å². The summed E-state index contributed by atoms with van der Waals surface area (Å²) < 4.78 is 0. The molecular formula is C8H13O2. The Morgan fingerprint density at radius 2 is 1.70 bits per heavy atom. The number of hydrogen-bond acceptors (Lipinski definition) is 2. The average Bonchev–Trinajstić information content (AvgIpc) is 1.60. The van der Waals surface area contributed by atoms with Gasteiger partial charge >= 0.3 is 0 Å². The Kier molecular flexibility index (Phi) is 2.76. The molecule has 0 aromatic rings. The van der Waals surface area contributed by atoms with Crippen LogP contribution < -0.4 is 0 Å². The first-order valence-electron chi connectivity index (χ1n) is 3.22. The lowest BCUT2D eigenvalue weighted by Crippen LogP contribution is -2.22. The Labute approximate surface area is 61.6 Å². The van der Waals surface area contributed by atoms with Crippen LogP contribution in [0.15, 0.2) is 0 Å². The predicted molar refractivity (Wildman–Crippen MR) is 39.4 cm³/mol. The molecule has 0 atom stereocenters. The lowest BCUT2D eigenvalue weighted by molar-refractivity contribution is -0.130. The van der Waals surface area contributed by atoms with Crippen molar-refractivity contribution in [2.24, 2.45) is 5.41 Å². The summed E-state index contributed by atoms with van der Waals surface area (Å²) >= 11 is 0. The minimum Gasteiger partial charge on any atom is -0.299 e. The van der Waals surface area contributed by atoms with Gasteiger partial charge in [0.05, 0.1) is 6.42 Å². The number of hydrogen-bond donors (Lipinski definition) is 0. The van der Waals surface area contributed by atoms with Gasteiger partial charge < -0.3 is 0 Å². The van der Waals surface area contributed by atoms with E-state index in [0.717, 1.165) is 0 Å². The molecule has 0 saturated carbocycles. The quantitative estimate of drug-likeness (QED) is 0.544. The zero-order chi connectivity index (χ0) is 8.36. The molecule has 57 valence electrons. The van der Waals surface area contributed by atoms with Crippen LogP contribution in [0.4, 0.5) is 0 Å². The number of carbonyl (C=O) groups is 2. The summed E-state index contributed by atoms with van der Waals surface area (Å²) in [6.07, 6.45) is -0.0382. The molecule has 2 nitrogen and oxygen atoms in total. The van der Waals surface area contributed by atoms with E-state index in [1.807, 2.05) is 0 Å². The summed E-state index contributed by atoms with van der Waals surface area (Å²) in [6.45, 7) is 8.50. The summed E-state index contributed by atoms with van der Waals surface area (Å²) in [5, 5.41) is 0. The van der Waals surface area contributed by atoms with Gasteiger partial charge in [-0.25, -0.2) is 0 Å². The van der Waals surface area contributed by atoms with E-state index in [1.165, 1.54) is 0 Å². The Bertz CT molecular complexity index is 151. The van der Waals surface area contributed by atoms with Gasteiger partial charge in [0.25, 0.3) is 0 Å². The molecule has 0 N–H and O–H groups in total. The van der Waals surface area contributed by atoms with E-state index < -0.39 is 5.41 Å². The zero-order valence-corrected chi connectivity index (χ0v) is 6.73. The van der Waals surface area contributed by atoms with Gasteiger partial charge in [-0.3, -0.25) is 9.59 Å². The molecule has 0 heterocycles. The second-order valence-corrected chi connectivity index (χ2v) is 3.39. The van der Waals surface area contributed by atoms with Crippen molar-refractivity contribution in [2.75, 3.05) is 0 Å². The Hall–Kier alpha value is -0.660.